The average molecular weight is 342 g/mol. The second-order valence-corrected chi connectivity index (χ2v) is 7.46. The van der Waals surface area contributed by atoms with Crippen LogP contribution >= 0.6 is 11.8 Å². The van der Waals surface area contributed by atoms with Crippen LogP contribution in [0.2, 0.25) is 0 Å². The molecule has 1 atom stereocenters. The first-order valence-corrected chi connectivity index (χ1v) is 9.37. The van der Waals surface area contributed by atoms with E-state index in [9.17, 15) is 0 Å². The Kier molecular flexibility index (Phi) is 4.63. The molecule has 24 heavy (non-hydrogen) atoms. The van der Waals surface area contributed by atoms with Crippen molar-refractivity contribution in [2.24, 2.45) is 0 Å². The van der Waals surface area contributed by atoms with Crippen LogP contribution in [0.1, 0.15) is 22.9 Å². The largest absolute Gasteiger partial charge is 0.493 e. The van der Waals surface area contributed by atoms with Crippen LogP contribution in [0.3, 0.4) is 0 Å². The third-order valence-electron chi connectivity index (χ3n) is 4.43. The molecule has 0 amide bonds. The molecule has 0 spiro atoms. The van der Waals surface area contributed by atoms with E-state index in [1.54, 1.807) is 0 Å². The lowest BCUT2D eigenvalue weighted by Crippen LogP contribution is -2.36. The van der Waals surface area contributed by atoms with Crippen molar-refractivity contribution >= 4 is 17.6 Å². The lowest BCUT2D eigenvalue weighted by atomic mass is 10.1. The van der Waals surface area contributed by atoms with Crippen molar-refractivity contribution in [2.45, 2.75) is 23.5 Å². The number of nitrogens with zero attached hydrogens (tertiary/aromatic N) is 2. The lowest BCUT2D eigenvalue weighted by Gasteiger charge is -2.29. The smallest absolute Gasteiger partial charge is 0.130 e. The Morgan fingerprint density at radius 1 is 1.12 bits per heavy atom. The number of pyridine rings is 1. The number of hydrogen-bond acceptors (Lipinski definition) is 5. The highest BCUT2D eigenvalue weighted by atomic mass is 32.2. The van der Waals surface area contributed by atoms with Gasteiger partial charge in [-0.05, 0) is 31.5 Å². The second kappa shape index (κ2) is 7.03. The molecule has 0 radical (unpaired) electrons. The van der Waals surface area contributed by atoms with Crippen molar-refractivity contribution in [3.8, 4) is 5.75 Å². The summed E-state index contributed by atoms with van der Waals surface area (Å²) < 4.78 is 11.2. The van der Waals surface area contributed by atoms with Gasteiger partial charge in [0.15, 0.2) is 0 Å². The molecule has 3 heterocycles. The molecule has 2 aromatic rings. The van der Waals surface area contributed by atoms with Crippen molar-refractivity contribution in [3.05, 3.63) is 47.7 Å². The van der Waals surface area contributed by atoms with Crippen molar-refractivity contribution < 1.29 is 9.47 Å². The van der Waals surface area contributed by atoms with Gasteiger partial charge in [0.2, 0.25) is 0 Å². The minimum absolute atomic E-state index is 0.439. The molecule has 2 aliphatic heterocycles. The zero-order chi connectivity index (χ0) is 16.4. The molecular weight excluding hydrogens is 320 g/mol. The second-order valence-electron chi connectivity index (χ2n) is 6.18. The summed E-state index contributed by atoms with van der Waals surface area (Å²) in [4.78, 5) is 8.33. The summed E-state index contributed by atoms with van der Waals surface area (Å²) >= 11 is 1.92. The van der Waals surface area contributed by atoms with Gasteiger partial charge in [-0.15, -0.1) is 11.8 Å². The summed E-state index contributed by atoms with van der Waals surface area (Å²) in [7, 11) is 0. The first-order chi connectivity index (χ1) is 11.8. The molecule has 1 aromatic heterocycles. The fourth-order valence-electron chi connectivity index (χ4n) is 3.24. The van der Waals surface area contributed by atoms with Gasteiger partial charge in [-0.25, -0.2) is 4.98 Å². The molecule has 1 saturated heterocycles. The van der Waals surface area contributed by atoms with Gasteiger partial charge in [-0.2, -0.15) is 0 Å². The number of anilines is 1. The number of para-hydroxylation sites is 1. The normalized spacial score (nSPS) is 20.4. The number of ether oxygens (including phenoxy) is 2. The molecule has 126 valence electrons. The van der Waals surface area contributed by atoms with E-state index >= 15 is 0 Å². The number of aromatic nitrogens is 1. The number of hydrogen-bond donors (Lipinski definition) is 0. The van der Waals surface area contributed by atoms with Crippen molar-refractivity contribution in [1.29, 1.82) is 0 Å². The molecule has 1 aromatic carbocycles. The maximum atomic E-state index is 5.79. The van der Waals surface area contributed by atoms with Crippen LogP contribution in [0.15, 0.2) is 41.3 Å². The van der Waals surface area contributed by atoms with Crippen LogP contribution in [0.4, 0.5) is 5.82 Å². The molecule has 0 saturated carbocycles. The van der Waals surface area contributed by atoms with Gasteiger partial charge in [0, 0.05) is 34.5 Å². The van der Waals surface area contributed by atoms with E-state index in [-0.39, 0.29) is 0 Å². The molecule has 5 heteroatoms. The van der Waals surface area contributed by atoms with E-state index in [0.717, 1.165) is 56.6 Å². The Labute approximate surface area is 147 Å². The van der Waals surface area contributed by atoms with Gasteiger partial charge in [-0.3, -0.25) is 0 Å². The quantitative estimate of drug-likeness (QED) is 0.847. The van der Waals surface area contributed by atoms with Gasteiger partial charge in [0.1, 0.15) is 11.6 Å². The lowest BCUT2D eigenvalue weighted by molar-refractivity contribution is 0.122. The zero-order valence-corrected chi connectivity index (χ0v) is 14.7. The molecular formula is C19H22N2O2S. The molecule has 2 aliphatic rings. The van der Waals surface area contributed by atoms with E-state index in [0.29, 0.717) is 5.25 Å². The highest BCUT2D eigenvalue weighted by Crippen LogP contribution is 2.44. The molecule has 4 nitrogen and oxygen atoms in total. The number of benzene rings is 1. The first-order valence-electron chi connectivity index (χ1n) is 8.49. The van der Waals surface area contributed by atoms with Gasteiger partial charge in [0.05, 0.1) is 19.8 Å². The van der Waals surface area contributed by atoms with Crippen molar-refractivity contribution in [2.75, 3.05) is 37.8 Å². The van der Waals surface area contributed by atoms with E-state index in [2.05, 4.69) is 42.2 Å². The molecule has 1 unspecified atom stereocenters. The minimum Gasteiger partial charge on any atom is -0.493 e. The topological polar surface area (TPSA) is 34.6 Å². The summed E-state index contributed by atoms with van der Waals surface area (Å²) in [6, 6.07) is 12.8. The molecule has 0 aliphatic carbocycles. The molecule has 4 rings (SSSR count). The maximum absolute atomic E-state index is 5.79. The van der Waals surface area contributed by atoms with Gasteiger partial charge >= 0.3 is 0 Å². The Balaban J connectivity index is 1.58. The summed E-state index contributed by atoms with van der Waals surface area (Å²) in [6.45, 7) is 6.26. The Morgan fingerprint density at radius 2 is 1.96 bits per heavy atom. The fourth-order valence-corrected chi connectivity index (χ4v) is 4.51. The van der Waals surface area contributed by atoms with Gasteiger partial charge in [-0.1, -0.05) is 18.2 Å². The van der Waals surface area contributed by atoms with Gasteiger partial charge < -0.3 is 14.4 Å². The number of aryl methyl sites for hydroxylation is 1. The van der Waals surface area contributed by atoms with E-state index in [1.807, 2.05) is 17.8 Å². The van der Waals surface area contributed by atoms with Crippen LogP contribution in [-0.2, 0) is 4.74 Å². The third-order valence-corrected chi connectivity index (χ3v) is 5.71. The van der Waals surface area contributed by atoms with Crippen LogP contribution in [0.5, 0.6) is 5.75 Å². The highest BCUT2D eigenvalue weighted by Gasteiger charge is 2.23. The number of morpholine rings is 1. The number of thioether (sulfide) groups is 1. The van der Waals surface area contributed by atoms with Crippen LogP contribution < -0.4 is 9.64 Å². The third kappa shape index (κ3) is 3.37. The number of fused-ring (bicyclic) bond motifs is 1. The van der Waals surface area contributed by atoms with Crippen molar-refractivity contribution in [3.63, 3.8) is 0 Å². The monoisotopic (exact) mass is 342 g/mol. The summed E-state index contributed by atoms with van der Waals surface area (Å²) in [5.41, 5.74) is 2.37. The van der Waals surface area contributed by atoms with E-state index in [1.165, 1.54) is 10.5 Å². The first kappa shape index (κ1) is 15.8. The highest BCUT2D eigenvalue weighted by molar-refractivity contribution is 7.99. The Morgan fingerprint density at radius 3 is 2.83 bits per heavy atom. The van der Waals surface area contributed by atoms with E-state index < -0.39 is 0 Å². The zero-order valence-electron chi connectivity index (χ0n) is 13.9. The van der Waals surface area contributed by atoms with Crippen LogP contribution in [0, 0.1) is 6.92 Å². The predicted octanol–water partition coefficient (Wildman–Crippen LogP) is 3.84. The average Bonchev–Trinajstić information content (AvgIpc) is 2.62. The predicted molar refractivity (Wildman–Crippen MR) is 97.2 cm³/mol. The maximum Gasteiger partial charge on any atom is 0.130 e. The summed E-state index contributed by atoms with van der Waals surface area (Å²) in [6.07, 6.45) is 1.04. The minimum atomic E-state index is 0.439. The van der Waals surface area contributed by atoms with Crippen molar-refractivity contribution in [1.82, 2.24) is 4.98 Å². The number of rotatable bonds is 3. The van der Waals surface area contributed by atoms with E-state index in [4.69, 9.17) is 14.5 Å². The molecule has 1 fully saturated rings. The van der Waals surface area contributed by atoms with Crippen LogP contribution in [0.25, 0.3) is 0 Å². The Hall–Kier alpha value is -1.72. The standard InChI is InChI=1S/C19H22N2O2S/c1-14-12-15(13-19(20-14)21-7-10-22-11-8-21)24-18-6-9-23-17-5-3-2-4-16(17)18/h2-5,12-13,18H,6-11H2,1H3. The molecule has 0 N–H and O–H groups in total. The summed E-state index contributed by atoms with van der Waals surface area (Å²) in [5.74, 6) is 2.10. The van der Waals surface area contributed by atoms with Gasteiger partial charge in [0.25, 0.3) is 0 Å². The van der Waals surface area contributed by atoms with Crippen LogP contribution in [-0.4, -0.2) is 37.9 Å². The summed E-state index contributed by atoms with van der Waals surface area (Å²) in [5, 5.41) is 0.439. The fraction of sp³-hybridized carbons (Fsp3) is 0.421. The molecule has 0 bridgehead atoms. The SMILES string of the molecule is Cc1cc(SC2CCOc3ccccc32)cc(N2CCOCC2)n1. The Bertz CT molecular complexity index is 716.